The van der Waals surface area contributed by atoms with Crippen LogP contribution in [0.1, 0.15) is 19.8 Å². The van der Waals surface area contributed by atoms with Gasteiger partial charge in [0, 0.05) is 13.0 Å². The van der Waals surface area contributed by atoms with Gasteiger partial charge in [-0.1, -0.05) is 0 Å². The van der Waals surface area contributed by atoms with Crippen molar-refractivity contribution in [2.45, 2.75) is 32.0 Å². The number of carbonyl (C=O) groups excluding carboxylic acids is 1. The smallest absolute Gasteiger partial charge is 0.354 e. The maximum Gasteiger partial charge on any atom is 0.391 e. The lowest BCUT2D eigenvalue weighted by Gasteiger charge is -2.36. The molecular formula is C7H10F3NO. The minimum absolute atomic E-state index is 0.0308. The molecule has 1 aliphatic rings. The van der Waals surface area contributed by atoms with E-state index in [2.05, 4.69) is 5.32 Å². The molecule has 12 heavy (non-hydrogen) atoms. The summed E-state index contributed by atoms with van der Waals surface area (Å²) in [6.07, 6.45) is -4.03. The van der Waals surface area contributed by atoms with Crippen LogP contribution in [0.15, 0.2) is 0 Å². The van der Waals surface area contributed by atoms with Gasteiger partial charge in [-0.2, -0.15) is 13.2 Å². The summed E-state index contributed by atoms with van der Waals surface area (Å²) in [7, 11) is 0. The summed E-state index contributed by atoms with van der Waals surface area (Å²) in [5.74, 6) is -1.48. The fraction of sp³-hybridized carbons (Fsp3) is 0.857. The highest BCUT2D eigenvalue weighted by Crippen LogP contribution is 2.40. The summed E-state index contributed by atoms with van der Waals surface area (Å²) in [6, 6.07) is -0.269. The van der Waals surface area contributed by atoms with Crippen molar-refractivity contribution in [1.82, 2.24) is 5.32 Å². The van der Waals surface area contributed by atoms with E-state index in [1.54, 1.807) is 0 Å². The number of carbonyl (C=O) groups is 1. The third-order valence-corrected chi connectivity index (χ3v) is 2.01. The molecule has 1 fully saturated rings. The van der Waals surface area contributed by atoms with E-state index >= 15 is 0 Å². The van der Waals surface area contributed by atoms with Gasteiger partial charge >= 0.3 is 6.18 Å². The van der Waals surface area contributed by atoms with Gasteiger partial charge < -0.3 is 5.32 Å². The maximum absolute atomic E-state index is 11.9. The van der Waals surface area contributed by atoms with Gasteiger partial charge in [0.15, 0.2) is 0 Å². The number of halogens is 3. The fourth-order valence-corrected chi connectivity index (χ4v) is 1.29. The number of alkyl halides is 3. The Morgan fingerprint density at radius 3 is 2.25 bits per heavy atom. The van der Waals surface area contributed by atoms with E-state index in [-0.39, 0.29) is 24.8 Å². The molecule has 1 aliphatic carbocycles. The molecule has 1 amide bonds. The van der Waals surface area contributed by atoms with E-state index in [1.165, 1.54) is 6.92 Å². The monoisotopic (exact) mass is 181 g/mol. The van der Waals surface area contributed by atoms with Crippen LogP contribution in [-0.2, 0) is 4.79 Å². The maximum atomic E-state index is 11.9. The number of nitrogens with one attached hydrogen (secondary N) is 1. The standard InChI is InChI=1S/C7H10F3NO/c1-4(12)11-6-2-5(3-6)7(8,9)10/h5-6H,2-3H2,1H3,(H,11,12). The van der Waals surface area contributed by atoms with Crippen LogP contribution in [-0.4, -0.2) is 18.1 Å². The van der Waals surface area contributed by atoms with E-state index in [4.69, 9.17) is 0 Å². The molecule has 1 N–H and O–H groups in total. The Morgan fingerprint density at radius 1 is 1.42 bits per heavy atom. The van der Waals surface area contributed by atoms with Crippen LogP contribution in [0, 0.1) is 5.92 Å². The molecule has 70 valence electrons. The van der Waals surface area contributed by atoms with Crippen LogP contribution in [0.4, 0.5) is 13.2 Å². The highest BCUT2D eigenvalue weighted by atomic mass is 19.4. The van der Waals surface area contributed by atoms with Crippen molar-refractivity contribution in [1.29, 1.82) is 0 Å². The number of hydrogen-bond acceptors (Lipinski definition) is 1. The van der Waals surface area contributed by atoms with Gasteiger partial charge in [-0.25, -0.2) is 0 Å². The first-order valence-corrected chi connectivity index (χ1v) is 3.73. The Kier molecular flexibility index (Phi) is 2.30. The third-order valence-electron chi connectivity index (χ3n) is 2.01. The molecule has 0 aromatic rings. The Labute approximate surface area is 68.1 Å². The SMILES string of the molecule is CC(=O)NC1CC(C(F)(F)F)C1. The Balaban J connectivity index is 2.25. The Bertz CT molecular complexity index is 184. The fourth-order valence-electron chi connectivity index (χ4n) is 1.29. The molecule has 5 heteroatoms. The van der Waals surface area contributed by atoms with Crippen molar-refractivity contribution < 1.29 is 18.0 Å². The zero-order valence-corrected chi connectivity index (χ0v) is 6.61. The molecule has 0 aromatic carbocycles. The summed E-state index contributed by atoms with van der Waals surface area (Å²) >= 11 is 0. The molecule has 0 radical (unpaired) electrons. The van der Waals surface area contributed by atoms with E-state index in [9.17, 15) is 18.0 Å². The summed E-state index contributed by atoms with van der Waals surface area (Å²) in [4.78, 5) is 10.4. The molecule has 0 saturated heterocycles. The van der Waals surface area contributed by atoms with Crippen molar-refractivity contribution in [3.63, 3.8) is 0 Å². The van der Waals surface area contributed by atoms with E-state index in [1.807, 2.05) is 0 Å². The lowest BCUT2D eigenvalue weighted by atomic mass is 9.80. The molecule has 1 rings (SSSR count). The molecular weight excluding hydrogens is 171 g/mol. The zero-order chi connectivity index (χ0) is 9.35. The molecule has 0 bridgehead atoms. The molecule has 0 heterocycles. The quantitative estimate of drug-likeness (QED) is 0.652. The summed E-state index contributed by atoms with van der Waals surface area (Å²) < 4.78 is 35.7. The average molecular weight is 181 g/mol. The van der Waals surface area contributed by atoms with Gasteiger partial charge in [-0.3, -0.25) is 4.79 Å². The topological polar surface area (TPSA) is 29.1 Å². The van der Waals surface area contributed by atoms with Crippen LogP contribution < -0.4 is 5.32 Å². The van der Waals surface area contributed by atoms with Crippen LogP contribution in [0.25, 0.3) is 0 Å². The van der Waals surface area contributed by atoms with E-state index in [0.29, 0.717) is 0 Å². The molecule has 0 spiro atoms. The first kappa shape index (κ1) is 9.35. The molecule has 0 aromatic heterocycles. The number of hydrogen-bond donors (Lipinski definition) is 1. The molecule has 0 aliphatic heterocycles. The van der Waals surface area contributed by atoms with Gasteiger partial charge in [0.25, 0.3) is 0 Å². The van der Waals surface area contributed by atoms with Gasteiger partial charge in [-0.15, -0.1) is 0 Å². The lowest BCUT2D eigenvalue weighted by molar-refractivity contribution is -0.199. The predicted octanol–water partition coefficient (Wildman–Crippen LogP) is 1.46. The zero-order valence-electron chi connectivity index (χ0n) is 6.61. The summed E-state index contributed by atoms with van der Waals surface area (Å²) in [5, 5.41) is 2.44. The highest BCUT2D eigenvalue weighted by Gasteiger charge is 2.47. The van der Waals surface area contributed by atoms with Gasteiger partial charge in [0.2, 0.25) is 5.91 Å². The first-order valence-electron chi connectivity index (χ1n) is 3.73. The second-order valence-corrected chi connectivity index (χ2v) is 3.11. The lowest BCUT2D eigenvalue weighted by Crippen LogP contribution is -2.48. The Hall–Kier alpha value is -0.740. The van der Waals surface area contributed by atoms with Crippen molar-refractivity contribution in [2.75, 3.05) is 0 Å². The second-order valence-electron chi connectivity index (χ2n) is 3.11. The molecule has 2 nitrogen and oxygen atoms in total. The number of amides is 1. The third kappa shape index (κ3) is 2.12. The van der Waals surface area contributed by atoms with Crippen LogP contribution in [0.2, 0.25) is 0 Å². The summed E-state index contributed by atoms with van der Waals surface area (Å²) in [5.41, 5.74) is 0. The van der Waals surface area contributed by atoms with Crippen LogP contribution >= 0.6 is 0 Å². The molecule has 0 unspecified atom stereocenters. The highest BCUT2D eigenvalue weighted by molar-refractivity contribution is 5.73. The summed E-state index contributed by atoms with van der Waals surface area (Å²) in [6.45, 7) is 1.31. The number of rotatable bonds is 1. The van der Waals surface area contributed by atoms with Crippen LogP contribution in [0.5, 0.6) is 0 Å². The van der Waals surface area contributed by atoms with Crippen molar-refractivity contribution in [2.24, 2.45) is 5.92 Å². The van der Waals surface area contributed by atoms with Crippen LogP contribution in [0.3, 0.4) is 0 Å². The van der Waals surface area contributed by atoms with Crippen molar-refractivity contribution in [3.05, 3.63) is 0 Å². The second kappa shape index (κ2) is 2.95. The minimum atomic E-state index is -4.09. The Morgan fingerprint density at radius 2 is 1.92 bits per heavy atom. The van der Waals surface area contributed by atoms with E-state index in [0.717, 1.165) is 0 Å². The van der Waals surface area contributed by atoms with Gasteiger partial charge in [0.05, 0.1) is 5.92 Å². The predicted molar refractivity (Wildman–Crippen MR) is 36.4 cm³/mol. The largest absolute Gasteiger partial charge is 0.391 e. The minimum Gasteiger partial charge on any atom is -0.354 e. The van der Waals surface area contributed by atoms with E-state index < -0.39 is 12.1 Å². The van der Waals surface area contributed by atoms with Crippen molar-refractivity contribution in [3.8, 4) is 0 Å². The molecule has 0 atom stereocenters. The average Bonchev–Trinajstić information content (AvgIpc) is 1.73. The normalized spacial score (nSPS) is 29.3. The first-order chi connectivity index (χ1) is 5.39. The van der Waals surface area contributed by atoms with Crippen molar-refractivity contribution >= 4 is 5.91 Å². The van der Waals surface area contributed by atoms with Gasteiger partial charge in [-0.05, 0) is 12.8 Å². The molecule has 1 saturated carbocycles. The van der Waals surface area contributed by atoms with Gasteiger partial charge in [0.1, 0.15) is 0 Å².